The van der Waals surface area contributed by atoms with E-state index in [9.17, 15) is 9.59 Å². The minimum absolute atomic E-state index is 0.118. The van der Waals surface area contributed by atoms with Gasteiger partial charge in [-0.1, -0.05) is 6.92 Å². The van der Waals surface area contributed by atoms with Gasteiger partial charge in [0.15, 0.2) is 0 Å². The second kappa shape index (κ2) is 6.17. The van der Waals surface area contributed by atoms with Crippen LogP contribution in [0.4, 0.5) is 10.5 Å². The van der Waals surface area contributed by atoms with Crippen molar-refractivity contribution in [1.82, 2.24) is 5.32 Å². The van der Waals surface area contributed by atoms with Crippen molar-refractivity contribution >= 4 is 29.4 Å². The number of hydrogen-bond acceptors (Lipinski definition) is 3. The van der Waals surface area contributed by atoms with E-state index in [4.69, 9.17) is 5.11 Å². The number of fused-ring (bicyclic) bond motifs is 1. The number of carbonyl (C=O) groups is 2. The standard InChI is InChI=1S/C14H18N2O3S/c1-9(20-2)8-15-14(19)16-6-5-10-7-11(13(17)18)3-4-12(10)16/h3-4,7,9H,5-6,8H2,1-2H3,(H,15,19)(H,17,18). The Morgan fingerprint density at radius 1 is 1.50 bits per heavy atom. The molecule has 6 heteroatoms. The fourth-order valence-corrected chi connectivity index (χ4v) is 2.41. The molecule has 0 saturated carbocycles. The van der Waals surface area contributed by atoms with Crippen LogP contribution in [0.5, 0.6) is 0 Å². The Kier molecular flexibility index (Phi) is 4.54. The molecule has 0 fully saturated rings. The minimum atomic E-state index is -0.940. The summed E-state index contributed by atoms with van der Waals surface area (Å²) in [6.45, 7) is 3.28. The molecule has 2 rings (SSSR count). The predicted octanol–water partition coefficient (Wildman–Crippen LogP) is 2.21. The van der Waals surface area contributed by atoms with E-state index in [2.05, 4.69) is 12.2 Å². The van der Waals surface area contributed by atoms with Crippen LogP contribution in [0.15, 0.2) is 18.2 Å². The van der Waals surface area contributed by atoms with Crippen LogP contribution in [0, 0.1) is 0 Å². The summed E-state index contributed by atoms with van der Waals surface area (Å²) in [5, 5.41) is 12.2. The van der Waals surface area contributed by atoms with Gasteiger partial charge >= 0.3 is 12.0 Å². The Hall–Kier alpha value is -1.69. The highest BCUT2D eigenvalue weighted by molar-refractivity contribution is 7.99. The molecule has 1 heterocycles. The lowest BCUT2D eigenvalue weighted by Crippen LogP contribution is -2.41. The number of hydrogen-bond donors (Lipinski definition) is 2. The zero-order chi connectivity index (χ0) is 14.7. The normalized spacial score (nSPS) is 14.8. The largest absolute Gasteiger partial charge is 0.478 e. The summed E-state index contributed by atoms with van der Waals surface area (Å²) < 4.78 is 0. The number of amides is 2. The molecule has 1 aliphatic heterocycles. The first-order valence-electron chi connectivity index (χ1n) is 6.47. The second-order valence-corrected chi connectivity index (χ2v) is 6.06. The Morgan fingerprint density at radius 2 is 2.25 bits per heavy atom. The summed E-state index contributed by atoms with van der Waals surface area (Å²) in [4.78, 5) is 24.7. The summed E-state index contributed by atoms with van der Waals surface area (Å²) in [7, 11) is 0. The molecule has 1 aliphatic rings. The summed E-state index contributed by atoms with van der Waals surface area (Å²) >= 11 is 1.70. The van der Waals surface area contributed by atoms with Gasteiger partial charge in [-0.05, 0) is 36.4 Å². The first kappa shape index (κ1) is 14.7. The summed E-state index contributed by atoms with van der Waals surface area (Å²) in [5.41, 5.74) is 1.99. The maximum Gasteiger partial charge on any atom is 0.335 e. The minimum Gasteiger partial charge on any atom is -0.478 e. The Bertz CT molecular complexity index is 533. The Labute approximate surface area is 122 Å². The number of aromatic carboxylic acids is 1. The molecule has 2 amide bonds. The van der Waals surface area contributed by atoms with Crippen molar-refractivity contribution in [3.8, 4) is 0 Å². The van der Waals surface area contributed by atoms with Gasteiger partial charge in [0, 0.05) is 24.0 Å². The molecule has 1 aromatic carbocycles. The number of benzene rings is 1. The second-order valence-electron chi connectivity index (χ2n) is 4.78. The zero-order valence-electron chi connectivity index (χ0n) is 11.5. The molecule has 0 radical (unpaired) electrons. The summed E-state index contributed by atoms with van der Waals surface area (Å²) in [6.07, 6.45) is 2.71. The number of urea groups is 1. The Morgan fingerprint density at radius 3 is 2.90 bits per heavy atom. The van der Waals surface area contributed by atoms with E-state index in [1.54, 1.807) is 28.8 Å². The molecule has 0 saturated heterocycles. The van der Waals surface area contributed by atoms with Crippen molar-refractivity contribution < 1.29 is 14.7 Å². The summed E-state index contributed by atoms with van der Waals surface area (Å²) in [6, 6.07) is 4.78. The van der Waals surface area contributed by atoms with Crippen LogP contribution in [-0.2, 0) is 6.42 Å². The molecule has 0 aliphatic carbocycles. The van der Waals surface area contributed by atoms with E-state index in [1.165, 1.54) is 6.07 Å². The zero-order valence-corrected chi connectivity index (χ0v) is 12.4. The van der Waals surface area contributed by atoms with Gasteiger partial charge in [0.25, 0.3) is 0 Å². The van der Waals surface area contributed by atoms with Crippen molar-refractivity contribution in [3.05, 3.63) is 29.3 Å². The molecule has 1 unspecified atom stereocenters. The van der Waals surface area contributed by atoms with Crippen molar-refractivity contribution in [1.29, 1.82) is 0 Å². The number of nitrogens with one attached hydrogen (secondary N) is 1. The Balaban J connectivity index is 2.08. The third-order valence-corrected chi connectivity index (χ3v) is 4.38. The molecule has 0 aromatic heterocycles. The van der Waals surface area contributed by atoms with Crippen LogP contribution in [0.3, 0.4) is 0 Å². The van der Waals surface area contributed by atoms with Gasteiger partial charge in [0.2, 0.25) is 0 Å². The SMILES string of the molecule is CSC(C)CNC(=O)N1CCc2cc(C(=O)O)ccc21. The lowest BCUT2D eigenvalue weighted by atomic mass is 10.1. The van der Waals surface area contributed by atoms with Crippen LogP contribution >= 0.6 is 11.8 Å². The van der Waals surface area contributed by atoms with Gasteiger partial charge in [-0.3, -0.25) is 4.90 Å². The molecule has 1 atom stereocenters. The third-order valence-electron chi connectivity index (χ3n) is 3.41. The van der Waals surface area contributed by atoms with Crippen molar-refractivity contribution in [2.45, 2.75) is 18.6 Å². The molecule has 0 bridgehead atoms. The van der Waals surface area contributed by atoms with Crippen LogP contribution in [0.2, 0.25) is 0 Å². The van der Waals surface area contributed by atoms with Gasteiger partial charge < -0.3 is 10.4 Å². The molecule has 5 nitrogen and oxygen atoms in total. The van der Waals surface area contributed by atoms with Gasteiger partial charge in [-0.25, -0.2) is 9.59 Å². The lowest BCUT2D eigenvalue weighted by Gasteiger charge is -2.19. The quantitative estimate of drug-likeness (QED) is 0.893. The maximum absolute atomic E-state index is 12.1. The third kappa shape index (κ3) is 3.07. The average molecular weight is 294 g/mol. The van der Waals surface area contributed by atoms with Gasteiger partial charge in [-0.2, -0.15) is 11.8 Å². The number of nitrogens with zero attached hydrogens (tertiary/aromatic N) is 1. The molecular formula is C14H18N2O3S. The van der Waals surface area contributed by atoms with Gasteiger partial charge in [-0.15, -0.1) is 0 Å². The molecule has 108 valence electrons. The summed E-state index contributed by atoms with van der Waals surface area (Å²) in [5.74, 6) is -0.940. The van der Waals surface area contributed by atoms with Gasteiger partial charge in [0.05, 0.1) is 5.56 Å². The van der Waals surface area contributed by atoms with Crippen LogP contribution in [-0.4, -0.2) is 41.7 Å². The maximum atomic E-state index is 12.1. The fraction of sp³-hybridized carbons (Fsp3) is 0.429. The molecule has 2 N–H and O–H groups in total. The van der Waals surface area contributed by atoms with Crippen molar-refractivity contribution in [2.75, 3.05) is 24.2 Å². The molecular weight excluding hydrogens is 276 g/mol. The number of rotatable bonds is 4. The molecule has 20 heavy (non-hydrogen) atoms. The number of thioether (sulfide) groups is 1. The molecule has 1 aromatic rings. The fourth-order valence-electron chi connectivity index (χ4n) is 2.16. The van der Waals surface area contributed by atoms with E-state index >= 15 is 0 Å². The van der Waals surface area contributed by atoms with E-state index in [0.717, 1.165) is 11.3 Å². The molecule has 0 spiro atoms. The van der Waals surface area contributed by atoms with Crippen molar-refractivity contribution in [3.63, 3.8) is 0 Å². The van der Waals surface area contributed by atoms with Gasteiger partial charge in [0.1, 0.15) is 0 Å². The van der Waals surface area contributed by atoms with E-state index in [0.29, 0.717) is 24.8 Å². The average Bonchev–Trinajstić information content (AvgIpc) is 2.87. The van der Waals surface area contributed by atoms with E-state index < -0.39 is 5.97 Å². The monoisotopic (exact) mass is 294 g/mol. The predicted molar refractivity (Wildman–Crippen MR) is 80.8 cm³/mol. The number of anilines is 1. The number of carboxylic acid groups (broad SMARTS) is 1. The van der Waals surface area contributed by atoms with E-state index in [1.807, 2.05) is 6.26 Å². The highest BCUT2D eigenvalue weighted by Crippen LogP contribution is 2.28. The van der Waals surface area contributed by atoms with Crippen molar-refractivity contribution in [2.24, 2.45) is 0 Å². The van der Waals surface area contributed by atoms with Crippen LogP contribution in [0.25, 0.3) is 0 Å². The highest BCUT2D eigenvalue weighted by atomic mass is 32.2. The smallest absolute Gasteiger partial charge is 0.335 e. The first-order valence-corrected chi connectivity index (χ1v) is 7.76. The lowest BCUT2D eigenvalue weighted by molar-refractivity contribution is 0.0697. The first-order chi connectivity index (χ1) is 9.52. The topological polar surface area (TPSA) is 69.6 Å². The van der Waals surface area contributed by atoms with Crippen LogP contribution < -0.4 is 10.2 Å². The number of carboxylic acids is 1. The highest BCUT2D eigenvalue weighted by Gasteiger charge is 2.25. The number of carbonyl (C=O) groups excluding carboxylic acids is 1. The van der Waals surface area contributed by atoms with Crippen LogP contribution in [0.1, 0.15) is 22.8 Å². The van der Waals surface area contributed by atoms with E-state index in [-0.39, 0.29) is 11.6 Å².